The van der Waals surface area contributed by atoms with Crippen molar-refractivity contribution in [1.29, 1.82) is 0 Å². The molecule has 0 saturated carbocycles. The van der Waals surface area contributed by atoms with Crippen LogP contribution in [0.4, 0.5) is 5.82 Å². The number of nitrogens with zero attached hydrogens (tertiary/aromatic N) is 3. The van der Waals surface area contributed by atoms with E-state index in [-0.39, 0.29) is 0 Å². The second kappa shape index (κ2) is 4.21. The summed E-state index contributed by atoms with van der Waals surface area (Å²) in [5.74, 6) is 1.61. The second-order valence-corrected chi connectivity index (χ2v) is 3.42. The maximum absolute atomic E-state index is 4.35. The fraction of sp³-hybridized carbons (Fsp3) is 0.364. The first-order valence-corrected chi connectivity index (χ1v) is 5.14. The fourth-order valence-corrected chi connectivity index (χ4v) is 1.45. The number of nitrogens with one attached hydrogen (secondary N) is 1. The Hall–Kier alpha value is -1.71. The Balaban J connectivity index is 2.50. The minimum absolute atomic E-state index is 0.772. The Morgan fingerprint density at radius 3 is 3.00 bits per heavy atom. The molecule has 0 bridgehead atoms. The number of hydrogen-bond acceptors (Lipinski definition) is 4. The zero-order valence-electron chi connectivity index (χ0n) is 8.99. The lowest BCUT2D eigenvalue weighted by molar-refractivity contribution is 0.960. The Morgan fingerprint density at radius 2 is 2.20 bits per heavy atom. The molecule has 0 unspecified atom stereocenters. The van der Waals surface area contributed by atoms with Gasteiger partial charge in [-0.1, -0.05) is 6.92 Å². The van der Waals surface area contributed by atoms with Gasteiger partial charge in [-0.2, -0.15) is 0 Å². The van der Waals surface area contributed by atoms with Crippen molar-refractivity contribution in [2.45, 2.75) is 20.3 Å². The van der Waals surface area contributed by atoms with Crippen LogP contribution in [-0.4, -0.2) is 21.5 Å². The lowest BCUT2D eigenvalue weighted by Gasteiger charge is -2.07. The topological polar surface area (TPSA) is 50.7 Å². The van der Waals surface area contributed by atoms with Gasteiger partial charge in [0.25, 0.3) is 0 Å². The molecule has 0 aromatic carbocycles. The van der Waals surface area contributed by atoms with E-state index < -0.39 is 0 Å². The van der Waals surface area contributed by atoms with E-state index in [4.69, 9.17) is 0 Å². The third-order valence-corrected chi connectivity index (χ3v) is 2.11. The third-order valence-electron chi connectivity index (χ3n) is 2.11. The molecular weight excluding hydrogens is 188 g/mol. The van der Waals surface area contributed by atoms with Crippen LogP contribution in [0.25, 0.3) is 11.0 Å². The van der Waals surface area contributed by atoms with Gasteiger partial charge in [0.05, 0.1) is 5.52 Å². The van der Waals surface area contributed by atoms with Crippen molar-refractivity contribution >= 4 is 16.9 Å². The van der Waals surface area contributed by atoms with Crippen molar-refractivity contribution in [3.63, 3.8) is 0 Å². The molecule has 4 heteroatoms. The molecule has 4 nitrogen and oxygen atoms in total. The van der Waals surface area contributed by atoms with Crippen molar-refractivity contribution < 1.29 is 0 Å². The maximum Gasteiger partial charge on any atom is 0.156 e. The van der Waals surface area contributed by atoms with E-state index >= 15 is 0 Å². The molecule has 2 aromatic heterocycles. The first kappa shape index (κ1) is 9.83. The molecule has 0 spiro atoms. The van der Waals surface area contributed by atoms with Crippen LogP contribution in [0.15, 0.2) is 18.3 Å². The Labute approximate surface area is 88.8 Å². The van der Waals surface area contributed by atoms with Crippen LogP contribution >= 0.6 is 0 Å². The van der Waals surface area contributed by atoms with Gasteiger partial charge in [0.15, 0.2) is 5.82 Å². The molecule has 2 heterocycles. The second-order valence-electron chi connectivity index (χ2n) is 3.42. The van der Waals surface area contributed by atoms with Crippen molar-refractivity contribution in [3.05, 3.63) is 24.2 Å². The fourth-order valence-electron chi connectivity index (χ4n) is 1.45. The smallest absolute Gasteiger partial charge is 0.156 e. The van der Waals surface area contributed by atoms with Crippen molar-refractivity contribution in [2.75, 3.05) is 11.9 Å². The number of aryl methyl sites for hydroxylation is 1. The van der Waals surface area contributed by atoms with Crippen molar-refractivity contribution in [3.8, 4) is 0 Å². The van der Waals surface area contributed by atoms with E-state index in [0.29, 0.717) is 0 Å². The van der Waals surface area contributed by atoms with E-state index in [1.54, 1.807) is 6.20 Å². The molecule has 0 aliphatic heterocycles. The summed E-state index contributed by atoms with van der Waals surface area (Å²) in [5, 5.41) is 3.26. The Morgan fingerprint density at radius 1 is 1.33 bits per heavy atom. The molecule has 2 rings (SSSR count). The molecule has 0 saturated heterocycles. The summed E-state index contributed by atoms with van der Waals surface area (Å²) < 4.78 is 0. The number of aromatic nitrogens is 3. The van der Waals surface area contributed by atoms with Gasteiger partial charge in [0.1, 0.15) is 11.3 Å². The molecule has 15 heavy (non-hydrogen) atoms. The van der Waals surface area contributed by atoms with E-state index in [1.807, 2.05) is 19.1 Å². The average Bonchev–Trinajstić information content (AvgIpc) is 2.25. The van der Waals surface area contributed by atoms with Gasteiger partial charge in [-0.05, 0) is 25.5 Å². The van der Waals surface area contributed by atoms with E-state index in [2.05, 4.69) is 27.2 Å². The molecule has 2 aromatic rings. The number of hydrogen-bond donors (Lipinski definition) is 1. The monoisotopic (exact) mass is 202 g/mol. The van der Waals surface area contributed by atoms with Crippen LogP contribution in [0.3, 0.4) is 0 Å². The van der Waals surface area contributed by atoms with Gasteiger partial charge in [-0.25, -0.2) is 9.97 Å². The van der Waals surface area contributed by atoms with Gasteiger partial charge in [0, 0.05) is 12.7 Å². The minimum Gasteiger partial charge on any atom is -0.368 e. The first-order valence-electron chi connectivity index (χ1n) is 5.14. The van der Waals surface area contributed by atoms with Crippen LogP contribution in [0, 0.1) is 6.92 Å². The van der Waals surface area contributed by atoms with Gasteiger partial charge in [0.2, 0.25) is 0 Å². The quantitative estimate of drug-likeness (QED) is 0.828. The third kappa shape index (κ3) is 2.03. The lowest BCUT2D eigenvalue weighted by Crippen LogP contribution is -2.05. The van der Waals surface area contributed by atoms with Gasteiger partial charge in [-0.15, -0.1) is 0 Å². The molecule has 1 N–H and O–H groups in total. The molecule has 0 aliphatic rings. The lowest BCUT2D eigenvalue weighted by atomic mass is 10.3. The summed E-state index contributed by atoms with van der Waals surface area (Å²) in [7, 11) is 0. The summed E-state index contributed by atoms with van der Waals surface area (Å²) in [6.07, 6.45) is 2.83. The number of anilines is 1. The molecule has 0 radical (unpaired) electrons. The standard InChI is InChI=1S/C11H14N4/c1-3-6-13-11-10-9(5-4-7-12-10)14-8(2)15-11/h4-5,7H,3,6H2,1-2H3,(H,13,14,15). The summed E-state index contributed by atoms with van der Waals surface area (Å²) in [5.41, 5.74) is 1.74. The zero-order valence-corrected chi connectivity index (χ0v) is 8.99. The molecule has 0 atom stereocenters. The van der Waals surface area contributed by atoms with Crippen molar-refractivity contribution in [2.24, 2.45) is 0 Å². The highest BCUT2D eigenvalue weighted by atomic mass is 15.0. The van der Waals surface area contributed by atoms with Gasteiger partial charge < -0.3 is 5.32 Å². The first-order chi connectivity index (χ1) is 7.31. The Kier molecular flexibility index (Phi) is 2.76. The molecule has 78 valence electrons. The highest BCUT2D eigenvalue weighted by Gasteiger charge is 2.04. The largest absolute Gasteiger partial charge is 0.368 e. The highest BCUT2D eigenvalue weighted by molar-refractivity contribution is 5.84. The highest BCUT2D eigenvalue weighted by Crippen LogP contribution is 2.16. The van der Waals surface area contributed by atoms with Crippen LogP contribution in [-0.2, 0) is 0 Å². The molecular formula is C11H14N4. The maximum atomic E-state index is 4.35. The van der Waals surface area contributed by atoms with E-state index in [9.17, 15) is 0 Å². The van der Waals surface area contributed by atoms with Crippen LogP contribution in [0.1, 0.15) is 19.2 Å². The molecule has 0 aliphatic carbocycles. The van der Waals surface area contributed by atoms with E-state index in [0.717, 1.165) is 35.6 Å². The summed E-state index contributed by atoms with van der Waals surface area (Å²) in [4.78, 5) is 13.0. The molecule has 0 fully saturated rings. The average molecular weight is 202 g/mol. The van der Waals surface area contributed by atoms with Gasteiger partial charge in [-0.3, -0.25) is 4.98 Å². The number of pyridine rings is 1. The predicted molar refractivity (Wildman–Crippen MR) is 60.9 cm³/mol. The molecule has 0 amide bonds. The predicted octanol–water partition coefficient (Wildman–Crippen LogP) is 2.16. The van der Waals surface area contributed by atoms with Gasteiger partial charge >= 0.3 is 0 Å². The van der Waals surface area contributed by atoms with Crippen LogP contribution < -0.4 is 5.32 Å². The van der Waals surface area contributed by atoms with Crippen molar-refractivity contribution in [1.82, 2.24) is 15.0 Å². The summed E-state index contributed by atoms with van der Waals surface area (Å²) in [6, 6.07) is 3.84. The van der Waals surface area contributed by atoms with Crippen LogP contribution in [0.2, 0.25) is 0 Å². The normalized spacial score (nSPS) is 10.5. The number of fused-ring (bicyclic) bond motifs is 1. The Bertz CT molecular complexity index is 467. The summed E-state index contributed by atoms with van der Waals surface area (Å²) in [6.45, 7) is 4.92. The van der Waals surface area contributed by atoms with Crippen LogP contribution in [0.5, 0.6) is 0 Å². The summed E-state index contributed by atoms with van der Waals surface area (Å²) >= 11 is 0. The minimum atomic E-state index is 0.772. The van der Waals surface area contributed by atoms with E-state index in [1.165, 1.54) is 0 Å². The number of rotatable bonds is 3. The SMILES string of the molecule is CCCNc1nc(C)nc2cccnc12. The zero-order chi connectivity index (χ0) is 10.7.